The average molecular weight is 2080 g/mol. The number of aliphatic hydroxyl groups excluding tert-OH is 3. The number of nitrogens with zero attached hydrogens (tertiary/aromatic N) is 5. The number of ketones is 1. The summed E-state index contributed by atoms with van der Waals surface area (Å²) in [5, 5.41) is 112. The number of aliphatic hydroxyl groups is 3. The number of carboxylic acid groups (broad SMARTS) is 2. The smallest absolute Gasteiger partial charge is 0.317 e. The van der Waals surface area contributed by atoms with Crippen molar-refractivity contribution in [2.45, 2.75) is 298 Å². The summed E-state index contributed by atoms with van der Waals surface area (Å²) in [7, 11) is 0. The molecule has 148 heavy (non-hydrogen) atoms. The number of guanidine groups is 1. The van der Waals surface area contributed by atoms with Crippen molar-refractivity contribution in [1.29, 1.82) is 5.41 Å². The van der Waals surface area contributed by atoms with Crippen molar-refractivity contribution in [3.63, 3.8) is 0 Å². The van der Waals surface area contributed by atoms with Crippen LogP contribution in [0.3, 0.4) is 0 Å². The minimum absolute atomic E-state index is 0.0256. The molecule has 2 aromatic heterocycles. The van der Waals surface area contributed by atoms with Crippen molar-refractivity contribution in [2.75, 3.05) is 98.5 Å². The van der Waals surface area contributed by atoms with Crippen LogP contribution in [0.4, 0.5) is 0 Å². The van der Waals surface area contributed by atoms with Crippen LogP contribution in [0.5, 0.6) is 0 Å². The molecule has 51 nitrogen and oxygen atoms in total. The number of aromatic nitrogens is 5. The summed E-state index contributed by atoms with van der Waals surface area (Å²) in [6.45, 7) is -3.28. The van der Waals surface area contributed by atoms with Gasteiger partial charge in [-0.05, 0) is 118 Å². The number of amides is 16. The van der Waals surface area contributed by atoms with Crippen molar-refractivity contribution < 1.29 is 126 Å². The van der Waals surface area contributed by atoms with Gasteiger partial charge in [0.25, 0.3) is 0 Å². The number of fused-ring (bicyclic) bond motifs is 2. The van der Waals surface area contributed by atoms with Crippen LogP contribution in [-0.4, -0.2) is 350 Å². The predicted molar refractivity (Wildman–Crippen MR) is 534 cm³/mol. The van der Waals surface area contributed by atoms with E-state index in [-0.39, 0.29) is 123 Å². The molecular formula is C97H151N25O26. The number of unbranched alkanes of at least 4 members (excludes halogenated alkanes) is 14. The number of carboxylic acids is 2. The molecule has 51 heteroatoms. The monoisotopic (exact) mass is 2080 g/mol. The zero-order valence-electron chi connectivity index (χ0n) is 84.3. The molecule has 12 atom stereocenters. The van der Waals surface area contributed by atoms with Gasteiger partial charge in [-0.2, -0.15) is 0 Å². The van der Waals surface area contributed by atoms with E-state index in [1.54, 1.807) is 55.6 Å². The molecule has 27 N–H and O–H groups in total. The second-order valence-corrected chi connectivity index (χ2v) is 36.8. The Labute approximate surface area is 858 Å². The molecule has 4 aromatic rings. The molecule has 0 radical (unpaired) electrons. The lowest BCUT2D eigenvalue weighted by Gasteiger charge is -2.31. The number of carbonyl (C=O) groups is 19. The Morgan fingerprint density at radius 2 is 1.12 bits per heavy atom. The number of H-pyrrole nitrogens is 2. The quantitative estimate of drug-likeness (QED) is 0.0115. The van der Waals surface area contributed by atoms with Gasteiger partial charge in [0.2, 0.25) is 94.5 Å². The molecule has 16 amide bonds. The third kappa shape index (κ3) is 48.7. The predicted octanol–water partition coefficient (Wildman–Crippen LogP) is -3.62. The van der Waals surface area contributed by atoms with Gasteiger partial charge >= 0.3 is 11.9 Å². The number of tetrazole rings is 1. The second-order valence-electron chi connectivity index (χ2n) is 36.8. The minimum atomic E-state index is -2.04. The number of carbonyl (C=O) groups excluding carboxylic acids is 17. The lowest BCUT2D eigenvalue weighted by molar-refractivity contribution is -0.143. The van der Waals surface area contributed by atoms with Crippen molar-refractivity contribution >= 4 is 129 Å². The Balaban J connectivity index is 1.13. The van der Waals surface area contributed by atoms with E-state index in [1.807, 2.05) is 12.1 Å². The van der Waals surface area contributed by atoms with Crippen LogP contribution in [0.2, 0.25) is 0 Å². The van der Waals surface area contributed by atoms with Gasteiger partial charge in [0, 0.05) is 94.8 Å². The van der Waals surface area contributed by atoms with Crippen LogP contribution in [0.1, 0.15) is 223 Å². The number of primary amides is 1. The fourth-order valence-electron chi connectivity index (χ4n) is 16.7. The zero-order chi connectivity index (χ0) is 108. The van der Waals surface area contributed by atoms with Crippen LogP contribution in [0, 0.1) is 5.41 Å². The number of nitrogens with two attached hydrogens (primary N) is 2. The third-order valence-electron chi connectivity index (χ3n) is 24.7. The molecule has 820 valence electrons. The van der Waals surface area contributed by atoms with Crippen LogP contribution in [0.15, 0.2) is 60.8 Å². The molecule has 6 rings (SSSR count). The highest BCUT2D eigenvalue weighted by molar-refractivity contribution is 6.01. The summed E-state index contributed by atoms with van der Waals surface area (Å²) in [5.41, 5.74) is 12.9. The van der Waals surface area contributed by atoms with E-state index >= 15 is 24.0 Å². The van der Waals surface area contributed by atoms with E-state index in [2.05, 4.69) is 105 Å². The highest BCUT2D eigenvalue weighted by Gasteiger charge is 2.45. The van der Waals surface area contributed by atoms with Gasteiger partial charge in [0.1, 0.15) is 72.8 Å². The maximum absolute atomic E-state index is 15.5. The maximum Gasteiger partial charge on any atom is 0.317 e. The van der Waals surface area contributed by atoms with E-state index in [1.165, 1.54) is 58.3 Å². The summed E-state index contributed by atoms with van der Waals surface area (Å²) < 4.78 is 10.8. The van der Waals surface area contributed by atoms with Crippen LogP contribution < -0.4 is 91.2 Å². The van der Waals surface area contributed by atoms with E-state index in [0.29, 0.717) is 24.0 Å². The highest BCUT2D eigenvalue weighted by atomic mass is 16.5. The van der Waals surface area contributed by atoms with Crippen molar-refractivity contribution in [2.24, 2.45) is 11.5 Å². The first-order valence-electron chi connectivity index (χ1n) is 50.8. The standard InChI is InChI=1S/C97H151N25O26/c1-3-4-31-68(88(138)113-72-39-41-81(129)101-42-25-23-32-66(61(2)125)108-92(142)74(50-63-52-105-67-33-22-21-30-65(63)67)114-89(139)70(35-27-44-104-97(99)100)110-91(141)73(49-62-28-17-16-18-29-62)115-95(145)77-51-64(126)54-122(77)96(72)146)109-87(137)69(34-24-26-43-102-83(131)55-121(56-85(133)134)57-86(135)136)111-94(144)76(59-124)116-90(140)71(38-40-78(98)127)112-93(143)75(58-123)107-82(130)53-106-84(132)60-148-48-47-147-46-45-103-80(128)37-20-15-13-11-9-7-5-6-8-10-12-14-19-36-79-117-119-120-118-79/h16-18,21-22,28-30,33,52,64,66,68-77,105,123-124,126H,3-15,19-20,23-27,31-32,34-51,53-60H2,1-2H3,(H2,98,127)(H,101,129)(H,102,131)(H,103,128)(H,106,132)(H,107,130)(H,108,142)(H,109,137)(H,110,141)(H,111,144)(H,112,143)(H,113,138)(H,114,139)(H,115,145)(H,116,140)(H,133,134)(H,135,136)(H4,99,100,104)(H,117,118,119,120)/t64-,66+,68+,69+,70+,71+,72+,73-,74+,75+,76+,77+/m1/s1. The molecule has 2 aliphatic rings. The van der Waals surface area contributed by atoms with Crippen molar-refractivity contribution in [1.82, 2.24) is 115 Å². The molecule has 2 aromatic carbocycles. The fourth-order valence-corrected chi connectivity index (χ4v) is 16.7. The van der Waals surface area contributed by atoms with Crippen molar-refractivity contribution in [3.8, 4) is 0 Å². The first kappa shape index (κ1) is 123. The van der Waals surface area contributed by atoms with E-state index in [4.69, 9.17) is 26.4 Å². The van der Waals surface area contributed by atoms with Crippen LogP contribution >= 0.6 is 0 Å². The van der Waals surface area contributed by atoms with Gasteiger partial charge in [-0.15, -0.1) is 5.10 Å². The number of hydrogen-bond acceptors (Lipinski definition) is 29. The number of nitrogens with one attached hydrogen (secondary N) is 18. The number of aromatic amines is 2. The molecule has 0 bridgehead atoms. The molecule has 0 unspecified atom stereocenters. The normalized spacial score (nSPS) is 18.1. The van der Waals surface area contributed by atoms with Gasteiger partial charge in [-0.1, -0.05) is 139 Å². The van der Waals surface area contributed by atoms with Gasteiger partial charge in [-0.25, -0.2) is 5.10 Å². The highest BCUT2D eigenvalue weighted by Crippen LogP contribution is 2.25. The average Bonchev–Trinajstić information content (AvgIpc) is 1.66. The summed E-state index contributed by atoms with van der Waals surface area (Å²) in [5.74, 6) is -17.9. The first-order chi connectivity index (χ1) is 71.0. The van der Waals surface area contributed by atoms with Gasteiger partial charge in [0.05, 0.1) is 71.4 Å². The first-order valence-corrected chi connectivity index (χ1v) is 50.8. The molecule has 0 aliphatic carbocycles. The van der Waals surface area contributed by atoms with Crippen LogP contribution in [0.25, 0.3) is 10.9 Å². The van der Waals surface area contributed by atoms with Crippen molar-refractivity contribution in [3.05, 3.63) is 77.7 Å². The lowest BCUT2D eigenvalue weighted by Crippen LogP contribution is -2.61. The number of aryl methyl sites for hydroxylation is 1. The summed E-state index contributed by atoms with van der Waals surface area (Å²) in [4.78, 5) is 267. The lowest BCUT2D eigenvalue weighted by atomic mass is 10.0. The Morgan fingerprint density at radius 3 is 1.76 bits per heavy atom. The number of hydrogen-bond donors (Lipinski definition) is 25. The SMILES string of the molecule is CCCC[C@H](NC(=O)[C@H](CCCCNC(=O)CN(CC(=O)O)CC(=O)O)NC(=O)[C@H](CO)NC(=O)[C@H](CCC(N)=O)NC(=O)[C@H](CO)NC(=O)CNC(=O)COCCOCCNC(=O)CCCCCCCCCCCCCCCc1nnn[nH]1)C(=O)N[C@H]1CCC(=O)NCCCC[C@@H](C(C)=O)NC(=O)[C@H](Cc2c[nH]c3ccccc23)NC(=O)[C@H](CCCNC(=N)N)NC(=O)[C@@H](Cc2ccccc2)NC(=O)[C@@H]2C[C@@H](O)CN2C1=O. The van der Waals surface area contributed by atoms with Crippen LogP contribution in [-0.2, 0) is 120 Å². The maximum atomic E-state index is 15.5. The molecular weight excluding hydrogens is 1930 g/mol. The van der Waals surface area contributed by atoms with Gasteiger partial charge in [-0.3, -0.25) is 101 Å². The number of benzene rings is 2. The van der Waals surface area contributed by atoms with E-state index < -0.39 is 276 Å². The van der Waals surface area contributed by atoms with E-state index in [9.17, 15) is 92.7 Å². The third-order valence-corrected chi connectivity index (χ3v) is 24.7. The second kappa shape index (κ2) is 69.4. The Hall–Kier alpha value is -13.8. The van der Waals surface area contributed by atoms with Gasteiger partial charge in [0.15, 0.2) is 11.7 Å². The Bertz CT molecular complexity index is 4900. The number of ether oxygens (including phenoxy) is 2. The number of Topliss-reactive ketones (excluding diaryl/α,β-unsaturated/α-hetero) is 1. The number of rotatable bonds is 65. The molecule has 2 aliphatic heterocycles. The summed E-state index contributed by atoms with van der Waals surface area (Å²) in [6, 6.07) is -2.57. The Kier molecular flexibility index (Phi) is 57.6. The minimum Gasteiger partial charge on any atom is -0.480 e. The largest absolute Gasteiger partial charge is 0.480 e. The number of aliphatic carboxylic acids is 2. The molecule has 2 saturated heterocycles. The molecule has 0 saturated carbocycles. The summed E-state index contributed by atoms with van der Waals surface area (Å²) >= 11 is 0. The molecule has 4 heterocycles. The van der Waals surface area contributed by atoms with Gasteiger partial charge < -0.3 is 136 Å². The molecule has 0 spiro atoms. The zero-order valence-corrected chi connectivity index (χ0v) is 84.3. The summed E-state index contributed by atoms with van der Waals surface area (Å²) in [6.07, 6.45) is 13.4. The topological polar surface area (TPSA) is 777 Å². The van der Waals surface area contributed by atoms with E-state index in [0.717, 1.165) is 65.1 Å². The fraction of sp³-hybridized carbons (Fsp3) is 0.639. The number of para-hydroxylation sites is 1. The molecule has 2 fully saturated rings. The Morgan fingerprint density at radius 1 is 0.554 bits per heavy atom.